The first-order chi connectivity index (χ1) is 13.0. The lowest BCUT2D eigenvalue weighted by atomic mass is 10.2. The van der Waals surface area contributed by atoms with Crippen molar-refractivity contribution in [2.45, 2.75) is 0 Å². The van der Waals surface area contributed by atoms with Gasteiger partial charge in [0.25, 0.3) is 5.91 Å². The van der Waals surface area contributed by atoms with E-state index in [0.29, 0.717) is 43.4 Å². The Morgan fingerprint density at radius 1 is 1.11 bits per heavy atom. The average Bonchev–Trinajstić information content (AvgIpc) is 3.13. The van der Waals surface area contributed by atoms with Crippen molar-refractivity contribution in [1.82, 2.24) is 20.1 Å². The molecule has 2 aromatic rings. The zero-order valence-electron chi connectivity index (χ0n) is 15.0. The number of nitrogens with two attached hydrogens (primary N) is 1. The molecule has 1 aromatic heterocycles. The summed E-state index contributed by atoms with van der Waals surface area (Å²) in [6, 6.07) is 4.83. The minimum Gasteiger partial charge on any atom is -0.497 e. The van der Waals surface area contributed by atoms with Gasteiger partial charge in [-0.2, -0.15) is 0 Å². The second kappa shape index (κ2) is 7.81. The summed E-state index contributed by atoms with van der Waals surface area (Å²) >= 11 is 0. The van der Waals surface area contributed by atoms with E-state index in [4.69, 9.17) is 15.2 Å². The van der Waals surface area contributed by atoms with Crippen LogP contribution in [-0.2, 0) is 0 Å². The largest absolute Gasteiger partial charge is 0.497 e. The molecule has 1 aliphatic heterocycles. The van der Waals surface area contributed by atoms with E-state index in [-0.39, 0.29) is 23.5 Å². The Kier molecular flexibility index (Phi) is 5.29. The van der Waals surface area contributed by atoms with Crippen molar-refractivity contribution in [2.75, 3.05) is 51.4 Å². The fraction of sp³-hybridized carbons (Fsp3) is 0.375. The van der Waals surface area contributed by atoms with Crippen molar-refractivity contribution in [2.24, 2.45) is 0 Å². The summed E-state index contributed by atoms with van der Waals surface area (Å²) in [5.74, 6) is 0.696. The van der Waals surface area contributed by atoms with Crippen LogP contribution < -0.4 is 20.5 Å². The first-order valence-corrected chi connectivity index (χ1v) is 8.18. The standard InChI is InChI=1S/C16H20N6O5/c1-25-10-3-4-11(12(9-10)26-2)18-16(24)22-7-5-21(6-8-22)15(23)13-14(17)20-27-19-13/h3-4,9H,5-8H2,1-2H3,(H2,17,20)(H,18,24). The van der Waals surface area contributed by atoms with Crippen LogP contribution in [0.5, 0.6) is 11.5 Å². The Morgan fingerprint density at radius 2 is 1.81 bits per heavy atom. The van der Waals surface area contributed by atoms with Gasteiger partial charge < -0.3 is 30.3 Å². The zero-order chi connectivity index (χ0) is 19.4. The number of methoxy groups -OCH3 is 2. The van der Waals surface area contributed by atoms with Gasteiger partial charge in [0.15, 0.2) is 0 Å². The SMILES string of the molecule is COc1ccc(NC(=O)N2CCN(C(=O)c3nonc3N)CC2)c(OC)c1. The van der Waals surface area contributed by atoms with Gasteiger partial charge in [-0.3, -0.25) is 4.79 Å². The van der Waals surface area contributed by atoms with E-state index in [1.807, 2.05) is 0 Å². The topological polar surface area (TPSA) is 136 Å². The molecule has 1 fully saturated rings. The highest BCUT2D eigenvalue weighted by atomic mass is 16.6. The molecule has 3 rings (SSSR count). The first kappa shape index (κ1) is 18.3. The van der Waals surface area contributed by atoms with E-state index in [1.165, 1.54) is 7.11 Å². The van der Waals surface area contributed by atoms with Crippen molar-refractivity contribution in [3.8, 4) is 11.5 Å². The lowest BCUT2D eigenvalue weighted by Crippen LogP contribution is -2.51. The number of aromatic nitrogens is 2. The fourth-order valence-electron chi connectivity index (χ4n) is 2.70. The van der Waals surface area contributed by atoms with Crippen LogP contribution in [0.2, 0.25) is 0 Å². The van der Waals surface area contributed by atoms with Gasteiger partial charge in [0, 0.05) is 32.2 Å². The predicted octanol–water partition coefficient (Wildman–Crippen LogP) is 0.659. The minimum atomic E-state index is -0.370. The number of ether oxygens (including phenoxy) is 2. The van der Waals surface area contributed by atoms with Crippen LogP contribution >= 0.6 is 0 Å². The molecule has 3 N–H and O–H groups in total. The molecule has 0 saturated carbocycles. The third-order valence-corrected chi connectivity index (χ3v) is 4.22. The Hall–Kier alpha value is -3.50. The van der Waals surface area contributed by atoms with Crippen molar-refractivity contribution in [3.63, 3.8) is 0 Å². The number of nitrogens with zero attached hydrogens (tertiary/aromatic N) is 4. The Morgan fingerprint density at radius 3 is 2.41 bits per heavy atom. The number of benzene rings is 1. The molecule has 0 bridgehead atoms. The maximum atomic E-state index is 12.5. The molecule has 1 aromatic carbocycles. The lowest BCUT2D eigenvalue weighted by molar-refractivity contribution is 0.0661. The van der Waals surface area contributed by atoms with E-state index >= 15 is 0 Å². The van der Waals surface area contributed by atoms with Crippen LogP contribution in [0.15, 0.2) is 22.8 Å². The lowest BCUT2D eigenvalue weighted by Gasteiger charge is -2.34. The van der Waals surface area contributed by atoms with Crippen molar-refractivity contribution in [1.29, 1.82) is 0 Å². The van der Waals surface area contributed by atoms with E-state index in [0.717, 1.165) is 0 Å². The molecule has 144 valence electrons. The van der Waals surface area contributed by atoms with Gasteiger partial charge in [-0.15, -0.1) is 0 Å². The Labute approximate surface area is 154 Å². The van der Waals surface area contributed by atoms with Crippen LogP contribution in [0.1, 0.15) is 10.5 Å². The number of carbonyl (C=O) groups is 2. The highest BCUT2D eigenvalue weighted by Crippen LogP contribution is 2.29. The van der Waals surface area contributed by atoms with E-state index in [2.05, 4.69) is 20.3 Å². The number of nitrogens with one attached hydrogen (secondary N) is 1. The molecule has 1 aliphatic rings. The number of rotatable bonds is 4. The summed E-state index contributed by atoms with van der Waals surface area (Å²) in [6.07, 6.45) is 0. The molecule has 27 heavy (non-hydrogen) atoms. The van der Waals surface area contributed by atoms with E-state index in [1.54, 1.807) is 35.1 Å². The number of anilines is 2. The van der Waals surface area contributed by atoms with Gasteiger partial charge in [0.05, 0.1) is 19.9 Å². The van der Waals surface area contributed by atoms with Crippen molar-refractivity contribution >= 4 is 23.4 Å². The predicted molar refractivity (Wildman–Crippen MR) is 94.8 cm³/mol. The van der Waals surface area contributed by atoms with Crippen LogP contribution in [-0.4, -0.2) is 72.5 Å². The summed E-state index contributed by atoms with van der Waals surface area (Å²) in [5.41, 5.74) is 6.06. The molecular formula is C16H20N6O5. The van der Waals surface area contributed by atoms with Crippen LogP contribution in [0.4, 0.5) is 16.3 Å². The average molecular weight is 376 g/mol. The monoisotopic (exact) mass is 376 g/mol. The van der Waals surface area contributed by atoms with Gasteiger partial charge in [0.2, 0.25) is 11.5 Å². The summed E-state index contributed by atoms with van der Waals surface area (Å²) in [6.45, 7) is 1.42. The third-order valence-electron chi connectivity index (χ3n) is 4.22. The van der Waals surface area contributed by atoms with Crippen LogP contribution in [0.25, 0.3) is 0 Å². The third kappa shape index (κ3) is 3.86. The molecule has 2 heterocycles. The van der Waals surface area contributed by atoms with Gasteiger partial charge in [-0.25, -0.2) is 9.42 Å². The summed E-state index contributed by atoms with van der Waals surface area (Å²) in [7, 11) is 3.07. The van der Waals surface area contributed by atoms with Gasteiger partial charge >= 0.3 is 6.03 Å². The summed E-state index contributed by atoms with van der Waals surface area (Å²) in [5, 5.41) is 9.72. The summed E-state index contributed by atoms with van der Waals surface area (Å²) in [4.78, 5) is 28.0. The van der Waals surface area contributed by atoms with E-state index in [9.17, 15) is 9.59 Å². The molecular weight excluding hydrogens is 356 g/mol. The first-order valence-electron chi connectivity index (χ1n) is 8.18. The molecule has 1 saturated heterocycles. The highest BCUT2D eigenvalue weighted by molar-refractivity contribution is 5.96. The van der Waals surface area contributed by atoms with Gasteiger partial charge in [0.1, 0.15) is 11.5 Å². The Balaban J connectivity index is 1.59. The number of urea groups is 1. The molecule has 0 spiro atoms. The quantitative estimate of drug-likeness (QED) is 0.794. The maximum Gasteiger partial charge on any atom is 0.322 e. The number of amides is 3. The molecule has 0 radical (unpaired) electrons. The second-order valence-electron chi connectivity index (χ2n) is 5.77. The number of piperazine rings is 1. The molecule has 0 unspecified atom stereocenters. The molecule has 0 atom stereocenters. The van der Waals surface area contributed by atoms with Gasteiger partial charge in [-0.1, -0.05) is 0 Å². The number of nitrogen functional groups attached to an aromatic ring is 1. The zero-order valence-corrected chi connectivity index (χ0v) is 15.0. The normalized spacial score (nSPS) is 14.0. The van der Waals surface area contributed by atoms with Gasteiger partial charge in [-0.05, 0) is 22.4 Å². The van der Waals surface area contributed by atoms with E-state index < -0.39 is 0 Å². The summed E-state index contributed by atoms with van der Waals surface area (Å²) < 4.78 is 14.9. The highest BCUT2D eigenvalue weighted by Gasteiger charge is 2.28. The van der Waals surface area contributed by atoms with Crippen molar-refractivity contribution in [3.05, 3.63) is 23.9 Å². The number of hydrogen-bond donors (Lipinski definition) is 2. The number of carbonyl (C=O) groups excluding carboxylic acids is 2. The molecule has 0 aliphatic carbocycles. The fourth-order valence-corrected chi connectivity index (χ4v) is 2.70. The minimum absolute atomic E-state index is 0.0177. The van der Waals surface area contributed by atoms with Crippen molar-refractivity contribution < 1.29 is 23.7 Å². The Bertz CT molecular complexity index is 830. The molecule has 3 amide bonds. The molecule has 11 heteroatoms. The number of hydrogen-bond acceptors (Lipinski definition) is 8. The smallest absolute Gasteiger partial charge is 0.322 e. The van der Waals surface area contributed by atoms with Crippen LogP contribution in [0, 0.1) is 0 Å². The van der Waals surface area contributed by atoms with Crippen LogP contribution in [0.3, 0.4) is 0 Å². The second-order valence-corrected chi connectivity index (χ2v) is 5.77. The maximum absolute atomic E-state index is 12.5. The molecule has 11 nitrogen and oxygen atoms in total.